The number of benzene rings is 2. The highest BCUT2D eigenvalue weighted by molar-refractivity contribution is 7.90. The quantitative estimate of drug-likeness (QED) is 0.405. The van der Waals surface area contributed by atoms with Crippen molar-refractivity contribution >= 4 is 39.1 Å². The van der Waals surface area contributed by atoms with Crippen LogP contribution in [0.5, 0.6) is 5.75 Å². The van der Waals surface area contributed by atoms with Crippen molar-refractivity contribution < 1.29 is 41.0 Å². The molecule has 1 aromatic heterocycles. The maximum Gasteiger partial charge on any atom is 0.573 e. The van der Waals surface area contributed by atoms with Gasteiger partial charge < -0.3 is 20.1 Å². The van der Waals surface area contributed by atoms with E-state index in [0.29, 0.717) is 28.2 Å². The van der Waals surface area contributed by atoms with Crippen LogP contribution in [0.15, 0.2) is 47.4 Å². The van der Waals surface area contributed by atoms with E-state index in [2.05, 4.69) is 15.0 Å². The third kappa shape index (κ3) is 4.98. The van der Waals surface area contributed by atoms with Gasteiger partial charge in [0, 0.05) is 22.6 Å². The molecule has 2 heterocycles. The van der Waals surface area contributed by atoms with Gasteiger partial charge in [-0.15, -0.1) is 13.2 Å². The smallest absolute Gasteiger partial charge is 0.478 e. The van der Waals surface area contributed by atoms with Crippen LogP contribution in [-0.4, -0.2) is 36.7 Å². The summed E-state index contributed by atoms with van der Waals surface area (Å²) in [5.74, 6) is -2.76. The molecular formula is C24H19F3N2O6S. The summed E-state index contributed by atoms with van der Waals surface area (Å²) < 4.78 is 67.5. The molecule has 188 valence electrons. The number of hydrogen-bond donors (Lipinski definition) is 3. The third-order valence-electron chi connectivity index (χ3n) is 5.60. The molecule has 0 fully saturated rings. The lowest BCUT2D eigenvalue weighted by Gasteiger charge is -2.11. The molecular weight excluding hydrogens is 501 g/mol. The first-order valence-electron chi connectivity index (χ1n) is 10.4. The lowest BCUT2D eigenvalue weighted by atomic mass is 10.0. The molecule has 1 aliphatic heterocycles. The van der Waals surface area contributed by atoms with Gasteiger partial charge >= 0.3 is 12.3 Å². The Kier molecular flexibility index (Phi) is 6.17. The van der Waals surface area contributed by atoms with Crippen molar-refractivity contribution in [1.29, 1.82) is 0 Å². The van der Waals surface area contributed by atoms with Crippen LogP contribution in [0.4, 0.5) is 18.9 Å². The van der Waals surface area contributed by atoms with Crippen LogP contribution < -0.4 is 10.1 Å². The zero-order valence-corrected chi connectivity index (χ0v) is 19.7. The Hall–Kier alpha value is -4.06. The summed E-state index contributed by atoms with van der Waals surface area (Å²) >= 11 is 0. The average molecular weight is 520 g/mol. The largest absolute Gasteiger partial charge is 0.573 e. The van der Waals surface area contributed by atoms with E-state index in [9.17, 15) is 36.3 Å². The second-order valence-electron chi connectivity index (χ2n) is 8.14. The van der Waals surface area contributed by atoms with E-state index in [-0.39, 0.29) is 21.6 Å². The number of amides is 1. The number of aromatic amines is 1. The van der Waals surface area contributed by atoms with E-state index in [0.717, 1.165) is 12.1 Å². The predicted octanol–water partition coefficient (Wildman–Crippen LogP) is 4.69. The van der Waals surface area contributed by atoms with Crippen molar-refractivity contribution in [2.24, 2.45) is 0 Å². The number of carbonyl (C=O) groups is 2. The number of carbonyl (C=O) groups excluding carboxylic acids is 1. The summed E-state index contributed by atoms with van der Waals surface area (Å²) in [7, 11) is -4.02. The second-order valence-corrected chi connectivity index (χ2v) is 10.1. The molecule has 0 saturated carbocycles. The number of rotatable bonds is 6. The Bertz CT molecular complexity index is 1540. The molecule has 0 atom stereocenters. The van der Waals surface area contributed by atoms with Crippen LogP contribution in [0.25, 0.3) is 11.6 Å². The summed E-state index contributed by atoms with van der Waals surface area (Å²) in [6, 6.07) is 8.68. The molecule has 3 N–H and O–H groups in total. The molecule has 8 nitrogen and oxygen atoms in total. The highest BCUT2D eigenvalue weighted by atomic mass is 32.2. The summed E-state index contributed by atoms with van der Waals surface area (Å²) in [5, 5.41) is 12.0. The number of H-pyrrole nitrogens is 1. The van der Waals surface area contributed by atoms with Crippen LogP contribution >= 0.6 is 0 Å². The molecule has 0 bridgehead atoms. The van der Waals surface area contributed by atoms with Gasteiger partial charge in [0.25, 0.3) is 5.91 Å². The summed E-state index contributed by atoms with van der Waals surface area (Å²) in [4.78, 5) is 26.9. The maximum absolute atomic E-state index is 13.1. The highest BCUT2D eigenvalue weighted by Gasteiger charge is 2.31. The highest BCUT2D eigenvalue weighted by Crippen LogP contribution is 2.36. The maximum atomic E-state index is 13.1. The fourth-order valence-electron chi connectivity index (χ4n) is 4.02. The first kappa shape index (κ1) is 25.0. The SMILES string of the molecule is Cc1[nH]c(/C=C2\C(=O)Nc3ccc(S(=O)(=O)Cc4cccc(OC(F)(F)F)c4)cc32)c(C)c1C(=O)O. The number of aromatic carboxylic acids is 1. The predicted molar refractivity (Wildman–Crippen MR) is 124 cm³/mol. The molecule has 0 unspecified atom stereocenters. The van der Waals surface area contributed by atoms with E-state index < -0.39 is 39.6 Å². The van der Waals surface area contributed by atoms with Crippen molar-refractivity contribution in [3.63, 3.8) is 0 Å². The van der Waals surface area contributed by atoms with Crippen LogP contribution in [0.2, 0.25) is 0 Å². The van der Waals surface area contributed by atoms with Gasteiger partial charge in [0.15, 0.2) is 9.84 Å². The number of carboxylic acids is 1. The van der Waals surface area contributed by atoms with Gasteiger partial charge in [-0.2, -0.15) is 0 Å². The number of hydrogen-bond acceptors (Lipinski definition) is 5. The normalized spacial score (nSPS) is 14.6. The monoisotopic (exact) mass is 520 g/mol. The molecule has 0 saturated heterocycles. The Morgan fingerprint density at radius 2 is 1.86 bits per heavy atom. The molecule has 3 aromatic rings. The van der Waals surface area contributed by atoms with Crippen molar-refractivity contribution in [2.45, 2.75) is 30.9 Å². The fraction of sp³-hybridized carbons (Fsp3) is 0.167. The van der Waals surface area contributed by atoms with Crippen molar-refractivity contribution in [3.8, 4) is 5.75 Å². The van der Waals surface area contributed by atoms with E-state index >= 15 is 0 Å². The number of alkyl halides is 3. The number of sulfone groups is 1. The van der Waals surface area contributed by atoms with Gasteiger partial charge in [-0.1, -0.05) is 12.1 Å². The average Bonchev–Trinajstić information content (AvgIpc) is 3.21. The van der Waals surface area contributed by atoms with Crippen LogP contribution in [-0.2, 0) is 20.4 Å². The standard InChI is InChI=1S/C24H19F3N2O6S/c1-12-20(28-13(2)21(12)23(31)32)10-18-17-9-16(6-7-19(17)29-22(18)30)36(33,34)11-14-4-3-5-15(8-14)35-24(25,26)27/h3-10,28H,11H2,1-2H3,(H,29,30)(H,31,32)/b18-10-. The van der Waals surface area contributed by atoms with Gasteiger partial charge in [-0.05, 0) is 61.4 Å². The molecule has 0 radical (unpaired) electrons. The van der Waals surface area contributed by atoms with Gasteiger partial charge in [-0.3, -0.25) is 4.79 Å². The molecule has 36 heavy (non-hydrogen) atoms. The number of aryl methyl sites for hydroxylation is 1. The van der Waals surface area contributed by atoms with Gasteiger partial charge in [0.2, 0.25) is 0 Å². The van der Waals surface area contributed by atoms with Crippen molar-refractivity contribution in [1.82, 2.24) is 4.98 Å². The number of carboxylic acid groups (broad SMARTS) is 1. The van der Waals surface area contributed by atoms with E-state index in [1.165, 1.54) is 36.4 Å². The minimum atomic E-state index is -4.92. The first-order chi connectivity index (χ1) is 16.7. The van der Waals surface area contributed by atoms with E-state index in [4.69, 9.17) is 0 Å². The Morgan fingerprint density at radius 3 is 2.50 bits per heavy atom. The zero-order valence-electron chi connectivity index (χ0n) is 18.9. The number of aromatic nitrogens is 1. The van der Waals surface area contributed by atoms with Crippen molar-refractivity contribution in [2.75, 3.05) is 5.32 Å². The fourth-order valence-corrected chi connectivity index (χ4v) is 5.38. The zero-order chi connectivity index (χ0) is 26.4. The van der Waals surface area contributed by atoms with Crippen LogP contribution in [0.1, 0.15) is 38.4 Å². The Labute approximate surface area is 203 Å². The Morgan fingerprint density at radius 1 is 1.14 bits per heavy atom. The molecule has 4 rings (SSSR count). The summed E-state index contributed by atoms with van der Waals surface area (Å²) in [5.41, 5.74) is 2.15. The number of fused-ring (bicyclic) bond motifs is 1. The lowest BCUT2D eigenvalue weighted by molar-refractivity contribution is -0.274. The number of nitrogens with one attached hydrogen (secondary N) is 2. The Balaban J connectivity index is 1.69. The number of ether oxygens (including phenoxy) is 1. The van der Waals surface area contributed by atoms with Crippen molar-refractivity contribution in [3.05, 3.63) is 76.1 Å². The topological polar surface area (TPSA) is 126 Å². The molecule has 0 aliphatic carbocycles. The molecule has 0 spiro atoms. The number of halogens is 3. The summed E-state index contributed by atoms with van der Waals surface area (Å²) in [6.45, 7) is 3.17. The second kappa shape index (κ2) is 8.86. The van der Waals surface area contributed by atoms with E-state index in [1.807, 2.05) is 0 Å². The van der Waals surface area contributed by atoms with Gasteiger partial charge in [0.05, 0.1) is 21.8 Å². The minimum Gasteiger partial charge on any atom is -0.478 e. The third-order valence-corrected chi connectivity index (χ3v) is 7.29. The lowest BCUT2D eigenvalue weighted by Crippen LogP contribution is -2.17. The minimum absolute atomic E-state index is 0.0774. The first-order valence-corrected chi connectivity index (χ1v) is 12.1. The van der Waals surface area contributed by atoms with Gasteiger partial charge in [-0.25, -0.2) is 13.2 Å². The van der Waals surface area contributed by atoms with Crippen LogP contribution in [0, 0.1) is 13.8 Å². The van der Waals surface area contributed by atoms with E-state index in [1.54, 1.807) is 13.8 Å². The van der Waals surface area contributed by atoms with Crippen LogP contribution in [0.3, 0.4) is 0 Å². The molecule has 2 aromatic carbocycles. The molecule has 12 heteroatoms. The summed E-state index contributed by atoms with van der Waals surface area (Å²) in [6.07, 6.45) is -3.47. The van der Waals surface area contributed by atoms with Gasteiger partial charge in [0.1, 0.15) is 5.75 Å². The molecule has 1 aliphatic rings. The number of anilines is 1. The molecule has 1 amide bonds.